The molecule has 1 N–H and O–H groups in total. The third-order valence-corrected chi connectivity index (χ3v) is 11.5. The minimum Gasteiger partial charge on any atom is -0.434 e. The van der Waals surface area contributed by atoms with Crippen molar-refractivity contribution in [2.75, 3.05) is 0 Å². The lowest BCUT2D eigenvalue weighted by Crippen LogP contribution is -2.35. The van der Waals surface area contributed by atoms with E-state index < -0.39 is 45.9 Å². The Hall–Kier alpha value is -4.44. The second kappa shape index (κ2) is 11.8. The van der Waals surface area contributed by atoms with Gasteiger partial charge in [0.15, 0.2) is 7.14 Å². The van der Waals surface area contributed by atoms with Crippen LogP contribution in [0.2, 0.25) is 0 Å². The Kier molecular flexibility index (Phi) is 8.17. The molecule has 5 aromatic rings. The number of fused-ring (bicyclic) bond motifs is 1. The fourth-order valence-electron chi connectivity index (χ4n) is 4.70. The Morgan fingerprint density at radius 1 is 0.762 bits per heavy atom. The topological polar surface area (TPSA) is 116 Å². The molecule has 0 aromatic heterocycles. The van der Waals surface area contributed by atoms with Crippen LogP contribution in [0.15, 0.2) is 126 Å². The Labute approximate surface area is 240 Å². The molecule has 0 fully saturated rings. The zero-order valence-corrected chi connectivity index (χ0v) is 23.4. The summed E-state index contributed by atoms with van der Waals surface area (Å²) in [5.41, 5.74) is -0.918. The van der Waals surface area contributed by atoms with Gasteiger partial charge in [0.2, 0.25) is 10.0 Å². The van der Waals surface area contributed by atoms with Crippen LogP contribution < -0.4 is 20.1 Å². The van der Waals surface area contributed by atoms with Crippen LogP contribution in [0.1, 0.15) is 11.3 Å². The van der Waals surface area contributed by atoms with Gasteiger partial charge in [-0.1, -0.05) is 91.0 Å². The summed E-state index contributed by atoms with van der Waals surface area (Å²) in [6.07, 6.45) is 0. The number of nitro groups is 1. The lowest BCUT2D eigenvalue weighted by molar-refractivity contribution is -0.385. The highest BCUT2D eigenvalue weighted by atomic mass is 32.2. The average Bonchev–Trinajstić information content (AvgIpc) is 3.00. The number of nitrogens with one attached hydrogen (secondary N) is 1. The van der Waals surface area contributed by atoms with E-state index in [1.54, 1.807) is 66.7 Å². The Balaban J connectivity index is 1.79. The first-order valence-electron chi connectivity index (χ1n) is 12.5. The maximum absolute atomic E-state index is 15.4. The number of hydrogen-bond donors (Lipinski definition) is 1. The monoisotopic (exact) mass is 608 g/mol. The summed E-state index contributed by atoms with van der Waals surface area (Å²) >= 11 is 0. The van der Waals surface area contributed by atoms with Crippen molar-refractivity contribution in [2.45, 2.75) is 17.3 Å². The van der Waals surface area contributed by atoms with Gasteiger partial charge in [-0.2, -0.15) is 13.5 Å². The summed E-state index contributed by atoms with van der Waals surface area (Å²) in [4.78, 5) is 10.8. The molecule has 0 saturated carbocycles. The maximum atomic E-state index is 15.4. The van der Waals surface area contributed by atoms with Gasteiger partial charge in [-0.05, 0) is 29.0 Å². The van der Waals surface area contributed by atoms with Crippen LogP contribution in [0.5, 0.6) is 5.75 Å². The number of benzene rings is 5. The molecule has 1 atom stereocenters. The molecule has 0 radical (unpaired) electrons. The first-order valence-corrected chi connectivity index (χ1v) is 15.8. The minimum atomic E-state index is -4.51. The molecular weight excluding hydrogens is 585 g/mol. The van der Waals surface area contributed by atoms with Gasteiger partial charge in [0.05, 0.1) is 9.82 Å². The number of ether oxygens (including phenoxy) is 1. The van der Waals surface area contributed by atoms with Crippen molar-refractivity contribution in [3.05, 3.63) is 137 Å². The van der Waals surface area contributed by atoms with E-state index in [-0.39, 0.29) is 21.1 Å². The average molecular weight is 609 g/mol. The molecule has 0 aliphatic carbocycles. The first-order chi connectivity index (χ1) is 20.1. The maximum Gasteiger partial charge on any atom is 0.387 e. The summed E-state index contributed by atoms with van der Waals surface area (Å²) in [5, 5.41) is 13.5. The van der Waals surface area contributed by atoms with Crippen LogP contribution in [0.25, 0.3) is 10.8 Å². The summed E-state index contributed by atoms with van der Waals surface area (Å²) in [7, 11) is -8.69. The molecule has 42 heavy (non-hydrogen) atoms. The Bertz CT molecular complexity index is 1860. The van der Waals surface area contributed by atoms with Crippen LogP contribution >= 0.6 is 7.14 Å². The van der Waals surface area contributed by atoms with Crippen LogP contribution in [0.3, 0.4) is 0 Å². The second-order valence-electron chi connectivity index (χ2n) is 9.22. The van der Waals surface area contributed by atoms with Crippen LogP contribution in [-0.2, 0) is 14.6 Å². The standard InChI is InChI=1S/C30H23F2N2O6PS/c31-30(32)40-28-18-16-23(34(35)36)20-27(28)29(33-42(38,39)26-17-15-21-9-7-8-10-22(21)19-26)41(37,24-11-3-1-4-12-24)25-13-5-2-6-14-25/h1-20,29-30,33H. The Morgan fingerprint density at radius 3 is 1.90 bits per heavy atom. The highest BCUT2D eigenvalue weighted by Crippen LogP contribution is 2.58. The molecule has 0 aliphatic heterocycles. The molecule has 0 bridgehead atoms. The molecule has 12 heteroatoms. The van der Waals surface area contributed by atoms with Crippen LogP contribution in [0, 0.1) is 10.1 Å². The first kappa shape index (κ1) is 29.1. The second-order valence-corrected chi connectivity index (χ2v) is 13.8. The minimum absolute atomic E-state index is 0.180. The van der Waals surface area contributed by atoms with E-state index in [0.29, 0.717) is 5.39 Å². The molecule has 8 nitrogen and oxygen atoms in total. The van der Waals surface area contributed by atoms with Crippen molar-refractivity contribution in [3.63, 3.8) is 0 Å². The fraction of sp³-hybridized carbons (Fsp3) is 0.0667. The van der Waals surface area contributed by atoms with Gasteiger partial charge in [0, 0.05) is 28.3 Å². The van der Waals surface area contributed by atoms with Crippen molar-refractivity contribution in [1.82, 2.24) is 4.72 Å². The van der Waals surface area contributed by atoms with Gasteiger partial charge >= 0.3 is 6.61 Å². The third kappa shape index (κ3) is 5.80. The Morgan fingerprint density at radius 2 is 1.33 bits per heavy atom. The number of sulfonamides is 1. The van der Waals surface area contributed by atoms with E-state index in [1.165, 1.54) is 36.4 Å². The number of non-ortho nitro benzene ring substituents is 1. The van der Waals surface area contributed by atoms with E-state index >= 15 is 4.57 Å². The number of nitrogens with zero attached hydrogens (tertiary/aromatic N) is 1. The van der Waals surface area contributed by atoms with Crippen molar-refractivity contribution < 1.29 is 31.4 Å². The van der Waals surface area contributed by atoms with Gasteiger partial charge < -0.3 is 9.30 Å². The van der Waals surface area contributed by atoms with E-state index in [1.807, 2.05) is 0 Å². The lowest BCUT2D eigenvalue weighted by Gasteiger charge is -2.30. The molecular formula is C30H23F2N2O6PS. The van der Waals surface area contributed by atoms with Gasteiger partial charge in [-0.3, -0.25) is 10.1 Å². The number of rotatable bonds is 10. The van der Waals surface area contributed by atoms with Crippen molar-refractivity contribution >= 4 is 44.2 Å². The largest absolute Gasteiger partial charge is 0.434 e. The molecule has 0 saturated heterocycles. The summed E-state index contributed by atoms with van der Waals surface area (Å²) in [6.45, 7) is -3.35. The van der Waals surface area contributed by atoms with Crippen molar-refractivity contribution in [2.24, 2.45) is 0 Å². The number of halogens is 2. The number of hydrogen-bond acceptors (Lipinski definition) is 6. The summed E-state index contributed by atoms with van der Waals surface area (Å²) in [5.74, 6) is -2.35. The SMILES string of the molecule is O=[N+]([O-])c1ccc(OC(F)F)c(C(NS(=O)(=O)c2ccc3ccccc3c2)P(=O)(c2ccccc2)c2ccccc2)c1. The highest BCUT2D eigenvalue weighted by molar-refractivity contribution is 7.90. The molecule has 5 rings (SSSR count). The van der Waals surface area contributed by atoms with Gasteiger partial charge in [0.25, 0.3) is 5.69 Å². The molecule has 0 spiro atoms. The smallest absolute Gasteiger partial charge is 0.387 e. The molecule has 0 heterocycles. The zero-order chi connectivity index (χ0) is 29.9. The summed E-state index contributed by atoms with van der Waals surface area (Å²) in [6, 6.07) is 30.1. The third-order valence-electron chi connectivity index (χ3n) is 6.66. The van der Waals surface area contributed by atoms with Gasteiger partial charge in [-0.25, -0.2) is 8.42 Å². The van der Waals surface area contributed by atoms with Crippen LogP contribution in [0.4, 0.5) is 14.5 Å². The predicted molar refractivity (Wildman–Crippen MR) is 156 cm³/mol. The molecule has 1 unspecified atom stereocenters. The van der Waals surface area contributed by atoms with Gasteiger partial charge in [0.1, 0.15) is 11.5 Å². The number of alkyl halides is 2. The lowest BCUT2D eigenvalue weighted by atomic mass is 10.1. The van der Waals surface area contributed by atoms with Gasteiger partial charge in [-0.15, -0.1) is 0 Å². The zero-order valence-electron chi connectivity index (χ0n) is 21.7. The normalized spacial score (nSPS) is 12.7. The highest BCUT2D eigenvalue weighted by Gasteiger charge is 2.43. The van der Waals surface area contributed by atoms with E-state index in [9.17, 15) is 27.3 Å². The van der Waals surface area contributed by atoms with Crippen molar-refractivity contribution in [3.8, 4) is 5.75 Å². The van der Waals surface area contributed by atoms with Crippen molar-refractivity contribution in [1.29, 1.82) is 0 Å². The van der Waals surface area contributed by atoms with Crippen LogP contribution in [-0.4, -0.2) is 20.0 Å². The molecule has 0 aliphatic rings. The fourth-order valence-corrected chi connectivity index (χ4v) is 9.51. The quantitative estimate of drug-likeness (QED) is 0.112. The number of nitro benzene ring substituents is 1. The molecule has 214 valence electrons. The molecule has 0 amide bonds. The van der Waals surface area contributed by atoms with E-state index in [0.717, 1.165) is 23.6 Å². The predicted octanol–water partition coefficient (Wildman–Crippen LogP) is 6.34. The summed E-state index contributed by atoms with van der Waals surface area (Å²) < 4.78 is 77.6. The van der Waals surface area contributed by atoms with E-state index in [4.69, 9.17) is 4.74 Å². The molecule has 5 aromatic carbocycles. The van der Waals surface area contributed by atoms with E-state index in [2.05, 4.69) is 4.72 Å².